The van der Waals surface area contributed by atoms with E-state index in [1.54, 1.807) is 79.7 Å². The lowest BCUT2D eigenvalue weighted by molar-refractivity contribution is -0.115. The Labute approximate surface area is 239 Å². The average molecular weight is 577 g/mol. The molecule has 0 radical (unpaired) electrons. The number of hydrogen-bond acceptors (Lipinski definition) is 6. The van der Waals surface area contributed by atoms with E-state index in [0.717, 1.165) is 10.6 Å². The van der Waals surface area contributed by atoms with Crippen LogP contribution in [-0.2, 0) is 9.59 Å². The fourth-order valence-corrected chi connectivity index (χ4v) is 5.13. The minimum absolute atomic E-state index is 0.0655. The maximum Gasteiger partial charge on any atom is 0.272 e. The summed E-state index contributed by atoms with van der Waals surface area (Å²) < 4.78 is 0. The Balaban J connectivity index is 1.48. The number of nitrogens with one attached hydrogen (secondary N) is 3. The van der Waals surface area contributed by atoms with Crippen LogP contribution in [0.5, 0.6) is 0 Å². The molecule has 1 atom stereocenters. The number of carbonyl (C=O) groups excluding carboxylic acids is 3. The van der Waals surface area contributed by atoms with Gasteiger partial charge in [-0.1, -0.05) is 48.0 Å². The molecular weight excluding hydrogens is 552 g/mol. The molecule has 0 bridgehead atoms. The molecule has 0 aliphatic heterocycles. The van der Waals surface area contributed by atoms with Gasteiger partial charge in [-0.05, 0) is 68.0 Å². The third kappa shape index (κ3) is 8.28. The van der Waals surface area contributed by atoms with Gasteiger partial charge in [-0.25, -0.2) is 4.98 Å². The first-order valence-corrected chi connectivity index (χ1v) is 14.1. The number of carbonyl (C=O) groups is 3. The van der Waals surface area contributed by atoms with E-state index in [-0.39, 0.29) is 11.6 Å². The lowest BCUT2D eigenvalue weighted by atomic mass is 10.1. The smallest absolute Gasteiger partial charge is 0.272 e. The Morgan fingerprint density at radius 1 is 0.974 bits per heavy atom. The molecule has 1 aromatic heterocycles. The number of anilines is 2. The van der Waals surface area contributed by atoms with Crippen molar-refractivity contribution in [2.75, 3.05) is 10.6 Å². The first-order valence-electron chi connectivity index (χ1n) is 11.9. The van der Waals surface area contributed by atoms with Gasteiger partial charge in [0.05, 0.1) is 10.9 Å². The Morgan fingerprint density at radius 3 is 2.41 bits per heavy atom. The summed E-state index contributed by atoms with van der Waals surface area (Å²) in [7, 11) is 0. The summed E-state index contributed by atoms with van der Waals surface area (Å²) in [6.45, 7) is 3.67. The molecule has 7 nitrogen and oxygen atoms in total. The van der Waals surface area contributed by atoms with E-state index < -0.39 is 17.1 Å². The van der Waals surface area contributed by atoms with Crippen molar-refractivity contribution < 1.29 is 14.4 Å². The molecule has 3 aromatic carbocycles. The van der Waals surface area contributed by atoms with Gasteiger partial charge in [0.2, 0.25) is 5.91 Å². The molecule has 0 aliphatic rings. The van der Waals surface area contributed by atoms with Crippen LogP contribution in [0.15, 0.2) is 94.8 Å². The second kappa shape index (κ2) is 13.2. The molecule has 198 valence electrons. The number of hydrogen-bond donors (Lipinski definition) is 3. The summed E-state index contributed by atoms with van der Waals surface area (Å²) in [6.07, 6.45) is 1.58. The second-order valence-corrected chi connectivity index (χ2v) is 11.2. The summed E-state index contributed by atoms with van der Waals surface area (Å²) in [5, 5.41) is 11.0. The maximum absolute atomic E-state index is 13.3. The lowest BCUT2D eigenvalue weighted by Gasteiger charge is -2.13. The van der Waals surface area contributed by atoms with Crippen molar-refractivity contribution in [1.29, 1.82) is 0 Å². The van der Waals surface area contributed by atoms with Crippen molar-refractivity contribution in [3.8, 4) is 0 Å². The maximum atomic E-state index is 13.3. The van der Waals surface area contributed by atoms with Crippen LogP contribution in [0.4, 0.5) is 10.8 Å². The quantitative estimate of drug-likeness (QED) is 0.153. The third-order valence-electron chi connectivity index (χ3n) is 5.33. The van der Waals surface area contributed by atoms with Crippen LogP contribution >= 0.6 is 34.7 Å². The van der Waals surface area contributed by atoms with E-state index >= 15 is 0 Å². The van der Waals surface area contributed by atoms with Crippen LogP contribution in [0.2, 0.25) is 5.02 Å². The van der Waals surface area contributed by atoms with Crippen LogP contribution < -0.4 is 16.0 Å². The van der Waals surface area contributed by atoms with Gasteiger partial charge in [-0.3, -0.25) is 14.4 Å². The zero-order valence-corrected chi connectivity index (χ0v) is 23.5. The van der Waals surface area contributed by atoms with Gasteiger partial charge in [0.15, 0.2) is 5.13 Å². The lowest BCUT2D eigenvalue weighted by Crippen LogP contribution is -2.30. The molecule has 3 N–H and O–H groups in total. The van der Waals surface area contributed by atoms with Gasteiger partial charge in [-0.15, -0.1) is 23.1 Å². The number of aryl methyl sites for hydroxylation is 1. The minimum Gasteiger partial charge on any atom is -0.321 e. The highest BCUT2D eigenvalue weighted by molar-refractivity contribution is 8.00. The van der Waals surface area contributed by atoms with Crippen LogP contribution in [0.3, 0.4) is 0 Å². The molecule has 0 saturated heterocycles. The molecule has 0 saturated carbocycles. The molecular formula is C29H25ClN4O3S2. The van der Waals surface area contributed by atoms with Crippen molar-refractivity contribution in [2.24, 2.45) is 0 Å². The van der Waals surface area contributed by atoms with E-state index in [4.69, 9.17) is 11.6 Å². The van der Waals surface area contributed by atoms with E-state index in [9.17, 15) is 14.4 Å². The molecule has 3 amide bonds. The summed E-state index contributed by atoms with van der Waals surface area (Å²) in [5.41, 5.74) is 2.55. The van der Waals surface area contributed by atoms with E-state index in [1.165, 1.54) is 23.1 Å². The summed E-state index contributed by atoms with van der Waals surface area (Å²) in [6, 6.07) is 22.7. The van der Waals surface area contributed by atoms with Gasteiger partial charge in [0.25, 0.3) is 11.8 Å². The molecule has 0 fully saturated rings. The normalized spacial score (nSPS) is 11.9. The predicted molar refractivity (Wildman–Crippen MR) is 159 cm³/mol. The topological polar surface area (TPSA) is 100 Å². The Kier molecular flexibility index (Phi) is 9.54. The van der Waals surface area contributed by atoms with Gasteiger partial charge in [0.1, 0.15) is 5.70 Å². The van der Waals surface area contributed by atoms with Crippen molar-refractivity contribution in [3.05, 3.63) is 112 Å². The molecule has 1 unspecified atom stereocenters. The number of halogens is 1. The van der Waals surface area contributed by atoms with E-state index in [2.05, 4.69) is 20.9 Å². The third-order valence-corrected chi connectivity index (χ3v) is 7.55. The van der Waals surface area contributed by atoms with Crippen LogP contribution in [0.25, 0.3) is 6.08 Å². The Bertz CT molecular complexity index is 1500. The zero-order valence-electron chi connectivity index (χ0n) is 21.1. The average Bonchev–Trinajstić information content (AvgIpc) is 3.34. The summed E-state index contributed by atoms with van der Waals surface area (Å²) >= 11 is 8.73. The number of aromatic nitrogens is 1. The van der Waals surface area contributed by atoms with Crippen LogP contribution in [0, 0.1) is 6.92 Å². The number of benzene rings is 3. The number of rotatable bonds is 9. The number of amides is 3. The van der Waals surface area contributed by atoms with Crippen molar-refractivity contribution in [2.45, 2.75) is 24.0 Å². The predicted octanol–water partition coefficient (Wildman–Crippen LogP) is 6.63. The SMILES string of the molecule is Cc1csc(NC(=O)C(C)Sc2cccc(NC(=O)/C(=C/c3ccc(Cl)cc3)NC(=O)c3ccccc3)c2)n1. The van der Waals surface area contributed by atoms with Crippen LogP contribution in [-0.4, -0.2) is 28.0 Å². The molecule has 1 heterocycles. The highest BCUT2D eigenvalue weighted by Crippen LogP contribution is 2.27. The second-order valence-electron chi connectivity index (χ2n) is 8.46. The van der Waals surface area contributed by atoms with Crippen molar-refractivity contribution in [1.82, 2.24) is 10.3 Å². The Morgan fingerprint density at radius 2 is 1.72 bits per heavy atom. The van der Waals surface area contributed by atoms with Crippen molar-refractivity contribution >= 4 is 69.3 Å². The molecule has 39 heavy (non-hydrogen) atoms. The molecule has 4 rings (SSSR count). The molecule has 10 heteroatoms. The largest absolute Gasteiger partial charge is 0.321 e. The fraction of sp³-hybridized carbons (Fsp3) is 0.103. The first-order chi connectivity index (χ1) is 18.8. The van der Waals surface area contributed by atoms with Gasteiger partial charge < -0.3 is 16.0 Å². The summed E-state index contributed by atoms with van der Waals surface area (Å²) in [4.78, 5) is 43.8. The van der Waals surface area contributed by atoms with Crippen LogP contribution in [0.1, 0.15) is 28.5 Å². The molecule has 0 spiro atoms. The summed E-state index contributed by atoms with van der Waals surface area (Å²) in [5.74, 6) is -1.08. The molecule has 0 aliphatic carbocycles. The standard InChI is InChI=1S/C29H25ClN4O3S2/c1-18-17-38-29(31-18)34-26(35)19(2)39-24-10-6-9-23(16-24)32-28(37)25(15-20-11-13-22(30)14-12-20)33-27(36)21-7-4-3-5-8-21/h3-17,19H,1-2H3,(H,32,37)(H,33,36)(H,31,34,35)/b25-15-. The molecule has 4 aromatic rings. The highest BCUT2D eigenvalue weighted by atomic mass is 35.5. The number of thiazole rings is 1. The first kappa shape index (κ1) is 28.1. The van der Waals surface area contributed by atoms with E-state index in [1.807, 2.05) is 24.4 Å². The van der Waals surface area contributed by atoms with Gasteiger partial charge >= 0.3 is 0 Å². The van der Waals surface area contributed by atoms with Gasteiger partial charge in [0, 0.05) is 26.5 Å². The van der Waals surface area contributed by atoms with Crippen molar-refractivity contribution in [3.63, 3.8) is 0 Å². The zero-order chi connectivity index (χ0) is 27.8. The highest BCUT2D eigenvalue weighted by Gasteiger charge is 2.18. The van der Waals surface area contributed by atoms with Gasteiger partial charge in [-0.2, -0.15) is 0 Å². The Hall–Kier alpha value is -3.92. The monoisotopic (exact) mass is 576 g/mol. The minimum atomic E-state index is -0.499. The van der Waals surface area contributed by atoms with E-state index in [0.29, 0.717) is 27.0 Å². The number of thioether (sulfide) groups is 1. The fourth-order valence-electron chi connectivity index (χ4n) is 3.39. The number of nitrogens with zero attached hydrogens (tertiary/aromatic N) is 1.